The summed E-state index contributed by atoms with van der Waals surface area (Å²) >= 11 is 0. The van der Waals surface area contributed by atoms with Gasteiger partial charge in [0.05, 0.1) is 78.0 Å². The second-order valence-corrected chi connectivity index (χ2v) is 22.9. The van der Waals surface area contributed by atoms with Gasteiger partial charge in [-0.25, -0.2) is 0 Å². The normalized spacial score (nSPS) is 13.9. The fourth-order valence-electron chi connectivity index (χ4n) is 15.1. The topological polar surface area (TPSA) is 67.3 Å². The number of aromatic nitrogens is 4. The summed E-state index contributed by atoms with van der Waals surface area (Å²) in [6, 6.07) is 84.4. The molecule has 0 bridgehead atoms. The molecule has 0 saturated heterocycles. The Balaban J connectivity index is 1.17. The lowest BCUT2D eigenvalue weighted by Crippen LogP contribution is -2.17. The highest BCUT2D eigenvalue weighted by Crippen LogP contribution is 2.57. The molecular formula is C74H48N6. The summed E-state index contributed by atoms with van der Waals surface area (Å²) in [7, 11) is 0. The summed E-state index contributed by atoms with van der Waals surface area (Å²) < 4.78 is 9.47. The van der Waals surface area contributed by atoms with Crippen LogP contribution in [0, 0.1) is 22.7 Å². The van der Waals surface area contributed by atoms with Gasteiger partial charge >= 0.3 is 0 Å². The Morgan fingerprint density at radius 1 is 0.275 bits per heavy atom. The van der Waals surface area contributed by atoms with Crippen molar-refractivity contribution in [2.24, 2.45) is 0 Å². The fourth-order valence-corrected chi connectivity index (χ4v) is 15.1. The van der Waals surface area contributed by atoms with Gasteiger partial charge in [-0.2, -0.15) is 10.5 Å². The molecule has 374 valence electrons. The maximum absolute atomic E-state index is 12.5. The van der Waals surface area contributed by atoms with E-state index in [4.69, 9.17) is 0 Å². The Kier molecular flexibility index (Phi) is 8.74. The largest absolute Gasteiger partial charge is 0.306 e. The van der Waals surface area contributed by atoms with Crippen molar-refractivity contribution in [3.8, 4) is 57.1 Å². The Hall–Kier alpha value is -10.4. The minimum absolute atomic E-state index is 0.255. The molecule has 11 aromatic carbocycles. The summed E-state index contributed by atoms with van der Waals surface area (Å²) in [4.78, 5) is 0. The van der Waals surface area contributed by atoms with Crippen LogP contribution >= 0.6 is 0 Å². The van der Waals surface area contributed by atoms with Crippen molar-refractivity contribution in [3.63, 3.8) is 0 Å². The lowest BCUT2D eigenvalue weighted by molar-refractivity contribution is 0.660. The average molecular weight is 1020 g/mol. The standard InChI is InChI=1S/C74H48N6/c1-73(2)53-29-13-5-25-47(53)65-55(73)37-39-63-67(65)49-27-11-19-35-61(49)79(63)69-51(41-75)52(42-76)70(80-62-36-20-12-28-50(62)68-64(80)40-38-56-66(68)48-26-6-14-30-54(48)74(56,3)4)72(78-59-33-17-9-23-45(59)46-24-10-18-34-60(46)78)71(69)77-57-31-15-7-21-43(57)44-22-8-16-32-58(44)77/h5-40H,1-4H3. The molecule has 0 spiro atoms. The van der Waals surface area contributed by atoms with Crippen LogP contribution < -0.4 is 0 Å². The van der Waals surface area contributed by atoms with Gasteiger partial charge in [0.2, 0.25) is 0 Å². The smallest absolute Gasteiger partial charge is 0.103 e. The minimum atomic E-state index is -0.255. The first-order valence-electron chi connectivity index (χ1n) is 27.6. The third-order valence-electron chi connectivity index (χ3n) is 18.4. The van der Waals surface area contributed by atoms with E-state index in [9.17, 15) is 10.5 Å². The molecule has 0 radical (unpaired) electrons. The van der Waals surface area contributed by atoms with E-state index in [0.29, 0.717) is 11.4 Å². The van der Waals surface area contributed by atoms with E-state index in [1.54, 1.807) is 0 Å². The Morgan fingerprint density at radius 3 is 0.887 bits per heavy atom. The van der Waals surface area contributed by atoms with Crippen molar-refractivity contribution in [1.29, 1.82) is 10.5 Å². The number of nitriles is 2. The van der Waals surface area contributed by atoms with Gasteiger partial charge in [0.15, 0.2) is 0 Å². The molecular weight excluding hydrogens is 973 g/mol. The SMILES string of the molecule is CC1(C)c2ccccc2-c2c1ccc1c2c2ccccc2n1-c1c(C#N)c(C#N)c(-n2c3ccccc3c3c4c(ccc32)C(C)(C)c2ccccc2-4)c(-n2c3ccccc3c3ccccc32)c1-n1c2ccccc2c2ccccc21. The predicted molar refractivity (Wildman–Crippen MR) is 328 cm³/mol. The number of rotatable bonds is 4. The molecule has 17 rings (SSSR count). The number of benzene rings is 11. The second-order valence-electron chi connectivity index (χ2n) is 22.9. The van der Waals surface area contributed by atoms with E-state index in [-0.39, 0.29) is 22.0 Å². The molecule has 0 saturated carbocycles. The zero-order chi connectivity index (χ0) is 53.5. The molecule has 0 amide bonds. The molecule has 0 fully saturated rings. The van der Waals surface area contributed by atoms with Crippen molar-refractivity contribution in [3.05, 3.63) is 252 Å². The van der Waals surface area contributed by atoms with Crippen molar-refractivity contribution in [2.45, 2.75) is 38.5 Å². The van der Waals surface area contributed by atoms with Gasteiger partial charge in [0.1, 0.15) is 12.1 Å². The highest BCUT2D eigenvalue weighted by atomic mass is 15.1. The predicted octanol–water partition coefficient (Wildman–Crippen LogP) is 18.4. The first-order chi connectivity index (χ1) is 39.2. The lowest BCUT2D eigenvalue weighted by atomic mass is 9.82. The molecule has 80 heavy (non-hydrogen) atoms. The summed E-state index contributed by atoms with van der Waals surface area (Å²) in [5.41, 5.74) is 20.5. The molecule has 0 atom stereocenters. The number of nitrogens with zero attached hydrogens (tertiary/aromatic N) is 6. The number of para-hydroxylation sites is 6. The molecule has 6 nitrogen and oxygen atoms in total. The Morgan fingerprint density at radius 2 is 0.550 bits per heavy atom. The van der Waals surface area contributed by atoms with Crippen molar-refractivity contribution >= 4 is 87.2 Å². The number of hydrogen-bond acceptors (Lipinski definition) is 2. The third kappa shape index (κ3) is 5.40. The van der Waals surface area contributed by atoms with Crippen LogP contribution in [0.3, 0.4) is 0 Å². The number of fused-ring (bicyclic) bond motifs is 20. The van der Waals surface area contributed by atoms with E-state index >= 15 is 0 Å². The van der Waals surface area contributed by atoms with Crippen LogP contribution in [0.25, 0.3) is 132 Å². The molecule has 2 aliphatic carbocycles. The monoisotopic (exact) mass is 1020 g/mol. The molecule has 0 N–H and O–H groups in total. The zero-order valence-electron chi connectivity index (χ0n) is 44.5. The number of hydrogen-bond donors (Lipinski definition) is 0. The van der Waals surface area contributed by atoms with E-state index in [1.165, 1.54) is 44.5 Å². The van der Waals surface area contributed by atoms with Gasteiger partial charge in [-0.3, -0.25) is 0 Å². The lowest BCUT2D eigenvalue weighted by Gasteiger charge is -2.28. The molecule has 2 aliphatic rings. The average Bonchev–Trinajstić information content (AvgIpc) is 4.40. The van der Waals surface area contributed by atoms with Gasteiger partial charge in [-0.15, -0.1) is 0 Å². The summed E-state index contributed by atoms with van der Waals surface area (Å²) in [5, 5.41) is 33.8. The van der Waals surface area contributed by atoms with Gasteiger partial charge in [-0.1, -0.05) is 198 Å². The molecule has 6 heteroatoms. The van der Waals surface area contributed by atoms with Crippen molar-refractivity contribution in [2.75, 3.05) is 0 Å². The fraction of sp³-hybridized carbons (Fsp3) is 0.0811. The van der Waals surface area contributed by atoms with E-state index in [1.807, 2.05) is 0 Å². The zero-order valence-corrected chi connectivity index (χ0v) is 44.5. The van der Waals surface area contributed by atoms with Crippen LogP contribution in [0.1, 0.15) is 61.1 Å². The van der Waals surface area contributed by atoms with Gasteiger partial charge in [0.25, 0.3) is 0 Å². The van der Waals surface area contributed by atoms with Gasteiger partial charge in [0, 0.05) is 53.9 Å². The van der Waals surface area contributed by atoms with Crippen LogP contribution in [-0.2, 0) is 10.8 Å². The summed E-state index contributed by atoms with van der Waals surface area (Å²) in [6.45, 7) is 9.31. The molecule has 4 aromatic heterocycles. The maximum atomic E-state index is 12.5. The van der Waals surface area contributed by atoms with Crippen LogP contribution in [0.4, 0.5) is 0 Å². The first kappa shape index (κ1) is 44.7. The van der Waals surface area contributed by atoms with Crippen molar-refractivity contribution < 1.29 is 0 Å². The van der Waals surface area contributed by atoms with Crippen LogP contribution in [0.5, 0.6) is 0 Å². The van der Waals surface area contributed by atoms with E-state index in [2.05, 4.69) is 276 Å². The highest BCUT2D eigenvalue weighted by Gasteiger charge is 2.41. The third-order valence-corrected chi connectivity index (χ3v) is 18.4. The van der Waals surface area contributed by atoms with Gasteiger partial charge in [-0.05, 0) is 93.0 Å². The quantitative estimate of drug-likeness (QED) is 0.176. The van der Waals surface area contributed by atoms with E-state index in [0.717, 1.165) is 98.6 Å². The highest BCUT2D eigenvalue weighted by molar-refractivity contribution is 6.21. The Labute approximate surface area is 461 Å². The molecule has 0 unspecified atom stereocenters. The summed E-state index contributed by atoms with van der Waals surface area (Å²) in [5.74, 6) is 0. The molecule has 0 aliphatic heterocycles. The van der Waals surface area contributed by atoms with Crippen LogP contribution in [0.15, 0.2) is 218 Å². The van der Waals surface area contributed by atoms with E-state index < -0.39 is 0 Å². The minimum Gasteiger partial charge on any atom is -0.306 e. The van der Waals surface area contributed by atoms with Crippen LogP contribution in [-0.4, -0.2) is 18.3 Å². The molecule has 15 aromatic rings. The second kappa shape index (κ2) is 15.6. The molecule has 4 heterocycles. The maximum Gasteiger partial charge on any atom is 0.103 e. The van der Waals surface area contributed by atoms with Gasteiger partial charge < -0.3 is 18.3 Å². The van der Waals surface area contributed by atoms with Crippen LogP contribution in [0.2, 0.25) is 0 Å². The first-order valence-corrected chi connectivity index (χ1v) is 27.6. The summed E-state index contributed by atoms with van der Waals surface area (Å²) in [6.07, 6.45) is 0. The van der Waals surface area contributed by atoms with Crippen molar-refractivity contribution in [1.82, 2.24) is 18.3 Å². The Bertz CT molecular complexity index is 4960.